The van der Waals surface area contributed by atoms with Gasteiger partial charge >= 0.3 is 0 Å². The monoisotopic (exact) mass is 271 g/mol. The molecule has 1 aromatic heterocycles. The number of halogens is 3. The van der Waals surface area contributed by atoms with Gasteiger partial charge in [0.25, 0.3) is 0 Å². The second-order valence-electron chi connectivity index (χ2n) is 1.67. The minimum absolute atomic E-state index is 0.00639. The lowest BCUT2D eigenvalue weighted by atomic mass is 10.5. The van der Waals surface area contributed by atoms with Crippen LogP contribution in [0.5, 0.6) is 5.88 Å². The highest BCUT2D eigenvalue weighted by molar-refractivity contribution is 14.1. The maximum atomic E-state index is 12.7. The van der Waals surface area contributed by atoms with Crippen LogP contribution < -0.4 is 4.74 Å². The van der Waals surface area contributed by atoms with E-state index in [9.17, 15) is 8.78 Å². The Morgan fingerprint density at radius 1 is 1.64 bits per heavy atom. The SMILES string of the molecule is FCOc1nccc(F)c1I. The Morgan fingerprint density at radius 2 is 2.36 bits per heavy atom. The molecular formula is C6H4F2INO. The van der Waals surface area contributed by atoms with Crippen molar-refractivity contribution in [1.82, 2.24) is 4.98 Å². The van der Waals surface area contributed by atoms with Crippen molar-refractivity contribution >= 4 is 22.6 Å². The zero-order valence-electron chi connectivity index (χ0n) is 5.35. The van der Waals surface area contributed by atoms with Gasteiger partial charge in [-0.25, -0.2) is 13.8 Å². The quantitative estimate of drug-likeness (QED) is 0.769. The van der Waals surface area contributed by atoms with Crippen molar-refractivity contribution in [3.8, 4) is 5.88 Å². The lowest BCUT2D eigenvalue weighted by molar-refractivity contribution is 0.182. The summed E-state index contributed by atoms with van der Waals surface area (Å²) in [6.45, 7) is -0.994. The second kappa shape index (κ2) is 3.80. The molecule has 0 aromatic carbocycles. The molecule has 5 heteroatoms. The van der Waals surface area contributed by atoms with Crippen molar-refractivity contribution in [2.45, 2.75) is 0 Å². The van der Waals surface area contributed by atoms with E-state index in [0.717, 1.165) is 0 Å². The molecule has 0 unspecified atom stereocenters. The maximum absolute atomic E-state index is 12.7. The number of nitrogens with zero attached hydrogens (tertiary/aromatic N) is 1. The van der Waals surface area contributed by atoms with Gasteiger partial charge in [-0.05, 0) is 28.7 Å². The van der Waals surface area contributed by atoms with Crippen LogP contribution in [0.3, 0.4) is 0 Å². The van der Waals surface area contributed by atoms with E-state index in [1.165, 1.54) is 12.3 Å². The van der Waals surface area contributed by atoms with E-state index in [1.54, 1.807) is 22.6 Å². The summed E-state index contributed by atoms with van der Waals surface area (Å²) in [5.41, 5.74) is 0. The van der Waals surface area contributed by atoms with Gasteiger partial charge in [0, 0.05) is 6.20 Å². The molecule has 2 nitrogen and oxygen atoms in total. The van der Waals surface area contributed by atoms with Crippen LogP contribution in [0.2, 0.25) is 0 Å². The molecule has 0 saturated heterocycles. The van der Waals surface area contributed by atoms with Crippen molar-refractivity contribution in [3.05, 3.63) is 21.7 Å². The van der Waals surface area contributed by atoms with E-state index < -0.39 is 12.7 Å². The summed E-state index contributed by atoms with van der Waals surface area (Å²) in [4.78, 5) is 3.62. The van der Waals surface area contributed by atoms with Crippen molar-refractivity contribution < 1.29 is 13.5 Å². The minimum atomic E-state index is -0.994. The molecule has 0 N–H and O–H groups in total. The van der Waals surface area contributed by atoms with Gasteiger partial charge in [-0.1, -0.05) is 0 Å². The van der Waals surface area contributed by atoms with Crippen LogP contribution in [0.15, 0.2) is 12.3 Å². The van der Waals surface area contributed by atoms with E-state index >= 15 is 0 Å². The highest BCUT2D eigenvalue weighted by atomic mass is 127. The lowest BCUT2D eigenvalue weighted by Gasteiger charge is -2.01. The molecule has 11 heavy (non-hydrogen) atoms. The zero-order chi connectivity index (χ0) is 8.27. The molecule has 1 heterocycles. The molecular weight excluding hydrogens is 267 g/mol. The lowest BCUT2D eigenvalue weighted by Crippen LogP contribution is -1.97. The van der Waals surface area contributed by atoms with E-state index in [1.807, 2.05) is 0 Å². The fourth-order valence-corrected chi connectivity index (χ4v) is 1.03. The maximum Gasteiger partial charge on any atom is 0.232 e. The number of ether oxygens (including phenoxy) is 1. The smallest absolute Gasteiger partial charge is 0.232 e. The van der Waals surface area contributed by atoms with Crippen LogP contribution >= 0.6 is 22.6 Å². The highest BCUT2D eigenvalue weighted by Crippen LogP contribution is 2.19. The number of aromatic nitrogens is 1. The third kappa shape index (κ3) is 1.98. The molecule has 0 saturated carbocycles. The predicted molar refractivity (Wildman–Crippen MR) is 43.5 cm³/mol. The van der Waals surface area contributed by atoms with Crippen molar-refractivity contribution in [1.29, 1.82) is 0 Å². The average Bonchev–Trinajstić information content (AvgIpc) is 1.99. The minimum Gasteiger partial charge on any atom is -0.445 e. The summed E-state index contributed by atoms with van der Waals surface area (Å²) in [6.07, 6.45) is 1.22. The molecule has 0 aliphatic carbocycles. The van der Waals surface area contributed by atoms with Crippen LogP contribution in [0, 0.1) is 9.39 Å². The van der Waals surface area contributed by atoms with E-state index in [-0.39, 0.29) is 9.45 Å². The first-order valence-electron chi connectivity index (χ1n) is 2.74. The van der Waals surface area contributed by atoms with Crippen LogP contribution in [-0.4, -0.2) is 11.8 Å². The third-order valence-corrected chi connectivity index (χ3v) is 1.98. The molecule has 0 bridgehead atoms. The number of hydrogen-bond acceptors (Lipinski definition) is 2. The van der Waals surface area contributed by atoms with Crippen LogP contribution in [0.25, 0.3) is 0 Å². The van der Waals surface area contributed by atoms with Crippen molar-refractivity contribution in [2.75, 3.05) is 6.86 Å². The molecule has 0 amide bonds. The summed E-state index contributed by atoms with van der Waals surface area (Å²) in [5, 5.41) is 0. The Morgan fingerprint density at radius 3 is 3.00 bits per heavy atom. The van der Waals surface area contributed by atoms with Gasteiger partial charge < -0.3 is 4.74 Å². The Hall–Kier alpha value is -0.460. The average molecular weight is 271 g/mol. The van der Waals surface area contributed by atoms with Gasteiger partial charge in [-0.2, -0.15) is 0 Å². The second-order valence-corrected chi connectivity index (χ2v) is 2.74. The molecule has 1 aromatic rings. The number of pyridine rings is 1. The molecule has 1 rings (SSSR count). The van der Waals surface area contributed by atoms with E-state index in [4.69, 9.17) is 0 Å². The molecule has 0 radical (unpaired) electrons. The van der Waals surface area contributed by atoms with Crippen LogP contribution in [0.4, 0.5) is 8.78 Å². The molecule has 0 aliphatic rings. The number of alkyl halides is 1. The van der Waals surface area contributed by atoms with Gasteiger partial charge in [-0.3, -0.25) is 0 Å². The molecule has 0 spiro atoms. The first-order chi connectivity index (χ1) is 5.25. The fraction of sp³-hybridized carbons (Fsp3) is 0.167. The fourth-order valence-electron chi connectivity index (χ4n) is 0.555. The number of rotatable bonds is 2. The summed E-state index contributed by atoms with van der Waals surface area (Å²) < 4.78 is 28.8. The van der Waals surface area contributed by atoms with Gasteiger partial charge in [0.15, 0.2) is 0 Å². The van der Waals surface area contributed by atoms with Gasteiger partial charge in [0.2, 0.25) is 12.7 Å². The Kier molecular flexibility index (Phi) is 2.98. The number of hydrogen-bond donors (Lipinski definition) is 0. The third-order valence-electron chi connectivity index (χ3n) is 1.00. The topological polar surface area (TPSA) is 22.1 Å². The largest absolute Gasteiger partial charge is 0.445 e. The summed E-state index contributed by atoms with van der Waals surface area (Å²) in [5.74, 6) is -0.461. The molecule has 60 valence electrons. The van der Waals surface area contributed by atoms with Crippen molar-refractivity contribution in [2.24, 2.45) is 0 Å². The summed E-state index contributed by atoms with van der Waals surface area (Å²) in [7, 11) is 0. The van der Waals surface area contributed by atoms with Crippen LogP contribution in [0.1, 0.15) is 0 Å². The zero-order valence-corrected chi connectivity index (χ0v) is 7.51. The molecule has 0 aliphatic heterocycles. The highest BCUT2D eigenvalue weighted by Gasteiger charge is 2.06. The Bertz CT molecular complexity index is 256. The van der Waals surface area contributed by atoms with E-state index in [0.29, 0.717) is 0 Å². The van der Waals surface area contributed by atoms with Gasteiger partial charge in [0.05, 0.1) is 0 Å². The van der Waals surface area contributed by atoms with Crippen molar-refractivity contribution in [3.63, 3.8) is 0 Å². The predicted octanol–water partition coefficient (Wildman–Crippen LogP) is 2.13. The standard InChI is InChI=1S/C6H4F2INO/c7-3-11-6-5(9)4(8)1-2-10-6/h1-2H,3H2. The van der Waals surface area contributed by atoms with Crippen LogP contribution in [-0.2, 0) is 0 Å². The van der Waals surface area contributed by atoms with Gasteiger partial charge in [0.1, 0.15) is 9.39 Å². The van der Waals surface area contributed by atoms with E-state index in [2.05, 4.69) is 9.72 Å². The summed E-state index contributed by atoms with van der Waals surface area (Å²) >= 11 is 1.70. The molecule has 0 atom stereocenters. The Labute approximate surface area is 75.7 Å². The summed E-state index contributed by atoms with van der Waals surface area (Å²) in [6, 6.07) is 1.19. The first-order valence-corrected chi connectivity index (χ1v) is 3.82. The molecule has 0 fully saturated rings. The normalized spacial score (nSPS) is 9.73. The first kappa shape index (κ1) is 8.63. The van der Waals surface area contributed by atoms with Gasteiger partial charge in [-0.15, -0.1) is 0 Å². The Balaban J connectivity index is 2.96.